The Labute approximate surface area is 176 Å². The van der Waals surface area contributed by atoms with Crippen LogP contribution in [0.5, 0.6) is 23.5 Å². The maximum Gasteiger partial charge on any atom is 0.342 e. The Kier molecular flexibility index (Phi) is 7.96. The average Bonchev–Trinajstić information content (AvgIpc) is 2.72. The number of halogens is 1. The first-order valence-electron chi connectivity index (χ1n) is 8.26. The highest BCUT2D eigenvalue weighted by Crippen LogP contribution is 2.29. The molecule has 0 aliphatic rings. The number of carbonyl (C=O) groups excluding carboxylic acids is 1. The van der Waals surface area contributed by atoms with E-state index in [4.69, 9.17) is 23.8 Å². The van der Waals surface area contributed by atoms with E-state index in [1.54, 1.807) is 25.1 Å². The first-order chi connectivity index (χ1) is 13.9. The van der Waals surface area contributed by atoms with Gasteiger partial charge in [-0.2, -0.15) is 9.97 Å². The fourth-order valence-electron chi connectivity index (χ4n) is 2.22. The lowest BCUT2D eigenvalue weighted by molar-refractivity contribution is 0.0597. The van der Waals surface area contributed by atoms with Gasteiger partial charge in [0.1, 0.15) is 17.9 Å². The summed E-state index contributed by atoms with van der Waals surface area (Å²) in [6.07, 6.45) is 0. The zero-order valence-corrected chi connectivity index (χ0v) is 18.0. The van der Waals surface area contributed by atoms with Gasteiger partial charge in [-0.3, -0.25) is 0 Å². The topological polar surface area (TPSA) is 101 Å². The number of hydrogen-bond donors (Lipinski definition) is 0. The summed E-state index contributed by atoms with van der Waals surface area (Å²) in [5.74, 6) is 0.0292. The largest absolute Gasteiger partial charge is 0.481 e. The first kappa shape index (κ1) is 22.2. The van der Waals surface area contributed by atoms with Gasteiger partial charge in [-0.05, 0) is 13.0 Å². The van der Waals surface area contributed by atoms with Crippen molar-refractivity contribution in [1.29, 1.82) is 0 Å². The molecule has 0 amide bonds. The monoisotopic (exact) mass is 465 g/mol. The van der Waals surface area contributed by atoms with E-state index in [-0.39, 0.29) is 35.7 Å². The molecule has 0 saturated heterocycles. The molecule has 9 nitrogen and oxygen atoms in total. The van der Waals surface area contributed by atoms with Gasteiger partial charge >= 0.3 is 12.0 Å². The number of ether oxygens (including phenoxy) is 4. The van der Waals surface area contributed by atoms with Crippen molar-refractivity contribution in [2.75, 3.05) is 27.9 Å². The molecule has 29 heavy (non-hydrogen) atoms. The smallest absolute Gasteiger partial charge is 0.342 e. The van der Waals surface area contributed by atoms with Crippen molar-refractivity contribution in [3.63, 3.8) is 0 Å². The molecule has 10 heteroatoms. The van der Waals surface area contributed by atoms with Crippen molar-refractivity contribution in [1.82, 2.24) is 9.97 Å². The molecule has 0 spiro atoms. The molecule has 1 aromatic carbocycles. The van der Waals surface area contributed by atoms with E-state index in [1.165, 1.54) is 27.4 Å². The van der Waals surface area contributed by atoms with Crippen LogP contribution in [0.1, 0.15) is 22.8 Å². The highest BCUT2D eigenvalue weighted by atomic mass is 79.9. The average molecular weight is 466 g/mol. The van der Waals surface area contributed by atoms with E-state index in [1.807, 2.05) is 0 Å². The fraction of sp³-hybridized carbons (Fsp3) is 0.263. The van der Waals surface area contributed by atoms with Crippen LogP contribution in [0.4, 0.5) is 0 Å². The molecule has 2 aromatic rings. The highest BCUT2D eigenvalue weighted by molar-refractivity contribution is 9.11. The van der Waals surface area contributed by atoms with Crippen LogP contribution in [-0.2, 0) is 9.57 Å². The first-order valence-corrected chi connectivity index (χ1v) is 9.05. The summed E-state index contributed by atoms with van der Waals surface area (Å²) in [6.45, 7) is 5.53. The second-order valence-corrected chi connectivity index (χ2v) is 6.60. The van der Waals surface area contributed by atoms with Gasteiger partial charge in [-0.15, -0.1) is 0 Å². The number of aromatic nitrogens is 2. The summed E-state index contributed by atoms with van der Waals surface area (Å²) in [4.78, 5) is 25.9. The van der Waals surface area contributed by atoms with Gasteiger partial charge in [0.15, 0.2) is 0 Å². The molecule has 1 heterocycles. The van der Waals surface area contributed by atoms with Crippen molar-refractivity contribution in [3.05, 3.63) is 46.5 Å². The molecular formula is C19H20BrN3O6. The number of hydrogen-bond acceptors (Lipinski definition) is 9. The maximum absolute atomic E-state index is 12.5. The van der Waals surface area contributed by atoms with Gasteiger partial charge in [0.25, 0.3) is 0 Å². The Morgan fingerprint density at radius 1 is 1.17 bits per heavy atom. The minimum absolute atomic E-state index is 0.0649. The molecule has 0 saturated carbocycles. The van der Waals surface area contributed by atoms with Crippen LogP contribution in [0.15, 0.2) is 40.5 Å². The minimum atomic E-state index is -0.620. The third-order valence-electron chi connectivity index (χ3n) is 3.51. The molecule has 0 N–H and O–H groups in total. The van der Waals surface area contributed by atoms with Crippen molar-refractivity contribution >= 4 is 27.6 Å². The molecule has 2 rings (SSSR count). The lowest BCUT2D eigenvalue weighted by atomic mass is 10.0. The summed E-state index contributed by atoms with van der Waals surface area (Å²) in [5, 5.41) is 4.01. The van der Waals surface area contributed by atoms with Crippen molar-refractivity contribution in [3.8, 4) is 23.5 Å². The minimum Gasteiger partial charge on any atom is -0.481 e. The van der Waals surface area contributed by atoms with Gasteiger partial charge in [0, 0.05) is 10.0 Å². The number of carbonyl (C=O) groups is 1. The third kappa shape index (κ3) is 5.92. The standard InChI is InChI=1S/C19H20BrN3O6/c1-11(20)10-28-23-12(2)13-7-6-8-14(17(13)18(24)27-5)29-19-21-15(25-3)9-16(22-19)26-4/h6-9H,1,10H2,2-5H3/b23-12+. The van der Waals surface area contributed by atoms with Gasteiger partial charge in [-0.25, -0.2) is 4.79 Å². The molecule has 0 aliphatic carbocycles. The predicted octanol–water partition coefficient (Wildman–Crippen LogP) is 3.72. The van der Waals surface area contributed by atoms with E-state index < -0.39 is 5.97 Å². The Morgan fingerprint density at radius 2 is 1.83 bits per heavy atom. The molecule has 0 bridgehead atoms. The normalized spacial score (nSPS) is 10.9. The summed E-state index contributed by atoms with van der Waals surface area (Å²) < 4.78 is 21.5. The Balaban J connectivity index is 2.47. The van der Waals surface area contributed by atoms with E-state index in [0.717, 1.165) is 0 Å². The van der Waals surface area contributed by atoms with Crippen LogP contribution in [0.2, 0.25) is 0 Å². The number of benzene rings is 1. The number of rotatable bonds is 9. The van der Waals surface area contributed by atoms with E-state index in [0.29, 0.717) is 15.8 Å². The second-order valence-electron chi connectivity index (χ2n) is 5.47. The van der Waals surface area contributed by atoms with E-state index >= 15 is 0 Å². The number of methoxy groups -OCH3 is 3. The number of nitrogens with zero attached hydrogens (tertiary/aromatic N) is 3. The quantitative estimate of drug-likeness (QED) is 0.313. The lowest BCUT2D eigenvalue weighted by Gasteiger charge is -2.13. The molecule has 0 atom stereocenters. The highest BCUT2D eigenvalue weighted by Gasteiger charge is 2.22. The van der Waals surface area contributed by atoms with Gasteiger partial charge in [0.05, 0.1) is 33.1 Å². The van der Waals surface area contributed by atoms with Gasteiger partial charge < -0.3 is 23.8 Å². The van der Waals surface area contributed by atoms with Crippen LogP contribution in [0.25, 0.3) is 0 Å². The van der Waals surface area contributed by atoms with Crippen molar-refractivity contribution in [2.24, 2.45) is 5.16 Å². The lowest BCUT2D eigenvalue weighted by Crippen LogP contribution is -2.12. The SMILES string of the molecule is C=C(Br)CO/N=C(\C)c1cccc(Oc2nc(OC)cc(OC)n2)c1C(=O)OC. The fourth-order valence-corrected chi connectivity index (χ4v) is 2.32. The van der Waals surface area contributed by atoms with Gasteiger partial charge in [-0.1, -0.05) is 39.8 Å². The van der Waals surface area contributed by atoms with E-state index in [2.05, 4.69) is 37.6 Å². The zero-order valence-electron chi connectivity index (χ0n) is 16.4. The summed E-state index contributed by atoms with van der Waals surface area (Å²) in [6, 6.07) is 6.40. The summed E-state index contributed by atoms with van der Waals surface area (Å²) in [5.41, 5.74) is 1.04. The van der Waals surface area contributed by atoms with Crippen LogP contribution in [-0.4, -0.2) is 49.6 Å². The Morgan fingerprint density at radius 3 is 2.38 bits per heavy atom. The summed E-state index contributed by atoms with van der Waals surface area (Å²) >= 11 is 3.18. The Hall–Kier alpha value is -3.14. The molecule has 154 valence electrons. The summed E-state index contributed by atoms with van der Waals surface area (Å²) in [7, 11) is 4.17. The van der Waals surface area contributed by atoms with E-state index in [9.17, 15) is 4.79 Å². The molecular weight excluding hydrogens is 446 g/mol. The van der Waals surface area contributed by atoms with Crippen LogP contribution in [0, 0.1) is 0 Å². The molecule has 1 aromatic heterocycles. The molecule has 0 aliphatic heterocycles. The Bertz CT molecular complexity index is 910. The number of oxime groups is 1. The zero-order chi connectivity index (χ0) is 21.4. The van der Waals surface area contributed by atoms with Crippen molar-refractivity contribution in [2.45, 2.75) is 6.92 Å². The van der Waals surface area contributed by atoms with Crippen molar-refractivity contribution < 1.29 is 28.6 Å². The van der Waals surface area contributed by atoms with Crippen LogP contribution in [0.3, 0.4) is 0 Å². The van der Waals surface area contributed by atoms with Crippen LogP contribution >= 0.6 is 15.9 Å². The second kappa shape index (κ2) is 10.4. The molecule has 0 radical (unpaired) electrons. The van der Waals surface area contributed by atoms with Crippen LogP contribution < -0.4 is 14.2 Å². The number of esters is 1. The molecule has 0 fully saturated rings. The predicted molar refractivity (Wildman–Crippen MR) is 109 cm³/mol. The van der Waals surface area contributed by atoms with Gasteiger partial charge in [0.2, 0.25) is 11.8 Å². The molecule has 0 unspecified atom stereocenters. The third-order valence-corrected chi connectivity index (χ3v) is 3.74. The maximum atomic E-state index is 12.5.